The van der Waals surface area contributed by atoms with E-state index in [9.17, 15) is 4.79 Å². The van der Waals surface area contributed by atoms with Crippen molar-refractivity contribution in [1.82, 2.24) is 15.3 Å². The molecule has 2 saturated heterocycles. The van der Waals surface area contributed by atoms with Gasteiger partial charge in [0.15, 0.2) is 0 Å². The van der Waals surface area contributed by atoms with E-state index >= 15 is 0 Å². The summed E-state index contributed by atoms with van der Waals surface area (Å²) in [6.07, 6.45) is 5.27. The fourth-order valence-corrected chi connectivity index (χ4v) is 4.08. The first-order chi connectivity index (χ1) is 14.6. The number of hydrogen-bond donors (Lipinski definition) is 1. The number of benzene rings is 1. The molecule has 7 heteroatoms. The maximum atomic E-state index is 12.8. The minimum Gasteiger partial charge on any atom is -0.378 e. The Morgan fingerprint density at radius 2 is 1.73 bits per heavy atom. The number of rotatable bonds is 5. The van der Waals surface area contributed by atoms with Gasteiger partial charge in [0.05, 0.1) is 30.5 Å². The fraction of sp³-hybridized carbons (Fsp3) is 0.522. The van der Waals surface area contributed by atoms with Gasteiger partial charge in [-0.1, -0.05) is 12.1 Å². The van der Waals surface area contributed by atoms with Crippen molar-refractivity contribution >= 4 is 17.5 Å². The van der Waals surface area contributed by atoms with Crippen molar-refractivity contribution in [3.8, 4) is 0 Å². The standard InChI is InChI=1S/C23H31N5O2/c1-17(19-6-8-20(9-7-19)27-12-14-30-15-13-27)25-22(29)21-16-24-23(26-18(21)2)28-10-4-3-5-11-28/h6-9,16-17H,3-5,10-15H2,1-2H3,(H,25,29). The molecule has 0 radical (unpaired) electrons. The molecule has 0 bridgehead atoms. The molecule has 160 valence electrons. The lowest BCUT2D eigenvalue weighted by Crippen LogP contribution is -2.36. The molecule has 2 aliphatic heterocycles. The number of morpholine rings is 1. The number of aromatic nitrogens is 2. The number of carbonyl (C=O) groups is 1. The van der Waals surface area contributed by atoms with Crippen LogP contribution in [0.2, 0.25) is 0 Å². The van der Waals surface area contributed by atoms with Gasteiger partial charge in [0, 0.05) is 38.1 Å². The highest BCUT2D eigenvalue weighted by atomic mass is 16.5. The average molecular weight is 410 g/mol. The maximum absolute atomic E-state index is 12.8. The van der Waals surface area contributed by atoms with Crippen LogP contribution in [0.4, 0.5) is 11.6 Å². The molecule has 0 aliphatic carbocycles. The monoisotopic (exact) mass is 409 g/mol. The summed E-state index contributed by atoms with van der Waals surface area (Å²) in [7, 11) is 0. The minimum atomic E-state index is -0.137. The predicted octanol–water partition coefficient (Wildman–Crippen LogP) is 3.10. The third-order valence-electron chi connectivity index (χ3n) is 5.97. The van der Waals surface area contributed by atoms with Crippen LogP contribution in [0, 0.1) is 6.92 Å². The Balaban J connectivity index is 1.39. The molecular formula is C23H31N5O2. The maximum Gasteiger partial charge on any atom is 0.255 e. The number of nitrogens with zero attached hydrogens (tertiary/aromatic N) is 4. The van der Waals surface area contributed by atoms with Crippen LogP contribution in [-0.4, -0.2) is 55.3 Å². The normalized spacial score (nSPS) is 18.2. The van der Waals surface area contributed by atoms with Crippen LogP contribution in [0.3, 0.4) is 0 Å². The van der Waals surface area contributed by atoms with E-state index in [2.05, 4.69) is 49.4 Å². The van der Waals surface area contributed by atoms with Gasteiger partial charge in [0.1, 0.15) is 0 Å². The van der Waals surface area contributed by atoms with Crippen molar-refractivity contribution < 1.29 is 9.53 Å². The molecule has 30 heavy (non-hydrogen) atoms. The predicted molar refractivity (Wildman–Crippen MR) is 118 cm³/mol. The van der Waals surface area contributed by atoms with Gasteiger partial charge in [-0.05, 0) is 50.8 Å². The highest BCUT2D eigenvalue weighted by Gasteiger charge is 2.19. The van der Waals surface area contributed by atoms with E-state index in [1.807, 2.05) is 13.8 Å². The lowest BCUT2D eigenvalue weighted by Gasteiger charge is -2.29. The molecule has 4 rings (SSSR count). The van der Waals surface area contributed by atoms with Crippen molar-refractivity contribution in [2.24, 2.45) is 0 Å². The average Bonchev–Trinajstić information content (AvgIpc) is 2.80. The zero-order valence-corrected chi connectivity index (χ0v) is 17.9. The third kappa shape index (κ3) is 4.73. The number of ether oxygens (including phenoxy) is 1. The number of nitrogens with one attached hydrogen (secondary N) is 1. The van der Waals surface area contributed by atoms with Crippen molar-refractivity contribution in [2.75, 3.05) is 49.2 Å². The third-order valence-corrected chi connectivity index (χ3v) is 5.97. The topological polar surface area (TPSA) is 70.6 Å². The first-order valence-corrected chi connectivity index (χ1v) is 10.9. The van der Waals surface area contributed by atoms with E-state index in [1.54, 1.807) is 6.20 Å². The fourth-order valence-electron chi connectivity index (χ4n) is 4.08. The minimum absolute atomic E-state index is 0.0996. The second-order valence-corrected chi connectivity index (χ2v) is 8.10. The zero-order chi connectivity index (χ0) is 20.9. The summed E-state index contributed by atoms with van der Waals surface area (Å²) >= 11 is 0. The molecule has 1 N–H and O–H groups in total. The van der Waals surface area contributed by atoms with Gasteiger partial charge >= 0.3 is 0 Å². The van der Waals surface area contributed by atoms with Gasteiger partial charge in [-0.25, -0.2) is 9.97 Å². The van der Waals surface area contributed by atoms with Gasteiger partial charge in [-0.15, -0.1) is 0 Å². The van der Waals surface area contributed by atoms with Crippen LogP contribution in [0.5, 0.6) is 0 Å². The van der Waals surface area contributed by atoms with Gasteiger partial charge in [-0.2, -0.15) is 0 Å². The molecule has 2 aliphatic rings. The van der Waals surface area contributed by atoms with Crippen LogP contribution in [0.1, 0.15) is 53.8 Å². The van der Waals surface area contributed by atoms with Crippen molar-refractivity contribution in [2.45, 2.75) is 39.2 Å². The quantitative estimate of drug-likeness (QED) is 0.818. The summed E-state index contributed by atoms with van der Waals surface area (Å²) in [4.78, 5) is 26.4. The van der Waals surface area contributed by atoms with Crippen LogP contribution >= 0.6 is 0 Å². The number of aryl methyl sites for hydroxylation is 1. The largest absolute Gasteiger partial charge is 0.378 e. The number of anilines is 2. The molecule has 1 unspecified atom stereocenters. The summed E-state index contributed by atoms with van der Waals surface area (Å²) in [5, 5.41) is 3.09. The van der Waals surface area contributed by atoms with Gasteiger partial charge in [0.2, 0.25) is 5.95 Å². The molecule has 0 saturated carbocycles. The first-order valence-electron chi connectivity index (χ1n) is 10.9. The van der Waals surface area contributed by atoms with Gasteiger partial charge in [-0.3, -0.25) is 4.79 Å². The van der Waals surface area contributed by atoms with Crippen molar-refractivity contribution in [3.63, 3.8) is 0 Å². The Labute approximate surface area is 178 Å². The van der Waals surface area contributed by atoms with Crippen LogP contribution in [-0.2, 0) is 4.74 Å². The zero-order valence-electron chi connectivity index (χ0n) is 17.9. The lowest BCUT2D eigenvalue weighted by atomic mass is 10.1. The molecule has 1 amide bonds. The Bertz CT molecular complexity index is 858. The first kappa shape index (κ1) is 20.6. The van der Waals surface area contributed by atoms with Crippen LogP contribution in [0.15, 0.2) is 30.5 Å². The highest BCUT2D eigenvalue weighted by molar-refractivity contribution is 5.95. The van der Waals surface area contributed by atoms with E-state index in [0.29, 0.717) is 5.56 Å². The summed E-state index contributed by atoms with van der Waals surface area (Å²) in [6.45, 7) is 9.23. The molecular weight excluding hydrogens is 378 g/mol. The second kappa shape index (κ2) is 9.43. The molecule has 7 nitrogen and oxygen atoms in total. The number of piperidine rings is 1. The van der Waals surface area contributed by atoms with Crippen molar-refractivity contribution in [1.29, 1.82) is 0 Å². The smallest absolute Gasteiger partial charge is 0.255 e. The van der Waals surface area contributed by atoms with E-state index in [-0.39, 0.29) is 11.9 Å². The molecule has 1 aromatic carbocycles. The SMILES string of the molecule is Cc1nc(N2CCCCC2)ncc1C(=O)NC(C)c1ccc(N2CCOCC2)cc1. The molecule has 2 fully saturated rings. The highest BCUT2D eigenvalue weighted by Crippen LogP contribution is 2.21. The Kier molecular flexibility index (Phi) is 6.47. The molecule has 0 spiro atoms. The summed E-state index contributed by atoms with van der Waals surface area (Å²) < 4.78 is 5.42. The second-order valence-electron chi connectivity index (χ2n) is 8.10. The summed E-state index contributed by atoms with van der Waals surface area (Å²) in [6, 6.07) is 8.30. The number of amides is 1. The number of carbonyl (C=O) groups excluding carboxylic acids is 1. The van der Waals surface area contributed by atoms with Gasteiger partial charge in [0.25, 0.3) is 5.91 Å². The molecule has 2 aromatic rings. The van der Waals surface area contributed by atoms with Crippen molar-refractivity contribution in [3.05, 3.63) is 47.3 Å². The summed E-state index contributed by atoms with van der Waals surface area (Å²) in [5.74, 6) is 0.595. The summed E-state index contributed by atoms with van der Waals surface area (Å²) in [5.41, 5.74) is 3.52. The van der Waals surface area contributed by atoms with E-state index in [0.717, 1.165) is 56.6 Å². The van der Waals surface area contributed by atoms with E-state index in [4.69, 9.17) is 4.74 Å². The molecule has 3 heterocycles. The van der Waals surface area contributed by atoms with Crippen LogP contribution in [0.25, 0.3) is 0 Å². The molecule has 1 atom stereocenters. The molecule has 1 aromatic heterocycles. The Hall–Kier alpha value is -2.67. The van der Waals surface area contributed by atoms with E-state index in [1.165, 1.54) is 24.9 Å². The van der Waals surface area contributed by atoms with Crippen LogP contribution < -0.4 is 15.1 Å². The Morgan fingerprint density at radius 3 is 2.40 bits per heavy atom. The Morgan fingerprint density at radius 1 is 1.03 bits per heavy atom. The number of hydrogen-bond acceptors (Lipinski definition) is 6. The van der Waals surface area contributed by atoms with Gasteiger partial charge < -0.3 is 19.9 Å². The lowest BCUT2D eigenvalue weighted by molar-refractivity contribution is 0.0938. The van der Waals surface area contributed by atoms with E-state index < -0.39 is 0 Å².